The summed E-state index contributed by atoms with van der Waals surface area (Å²) in [5.41, 5.74) is 11.7. The number of aliphatic carboxylic acids is 1. The lowest BCUT2D eigenvalue weighted by Crippen LogP contribution is -2.32. The van der Waals surface area contributed by atoms with E-state index < -0.39 is 12.0 Å². The molecule has 100 valence electrons. The van der Waals surface area contributed by atoms with Gasteiger partial charge in [0, 0.05) is 0 Å². The van der Waals surface area contributed by atoms with Gasteiger partial charge in [-0.2, -0.15) is 0 Å². The first kappa shape index (κ1) is 21.1. The number of carboxylic acids is 1. The van der Waals surface area contributed by atoms with E-state index in [-0.39, 0.29) is 48.1 Å². The molecule has 8 N–H and O–H groups in total. The van der Waals surface area contributed by atoms with Crippen molar-refractivity contribution in [2.24, 2.45) is 5.73 Å². The molecule has 0 spiro atoms. The average Bonchev–Trinajstić information content (AvgIpc) is 2.11. The number of aromatic hydroxyl groups is 1. The first-order chi connectivity index (χ1) is 6.50. The van der Waals surface area contributed by atoms with Gasteiger partial charge in [-0.3, -0.25) is 4.79 Å². The van der Waals surface area contributed by atoms with Crippen molar-refractivity contribution in [1.82, 2.24) is 0 Å². The number of rotatable bonds is 3. The molecule has 0 aliphatic carbocycles. The summed E-state index contributed by atoms with van der Waals surface area (Å²) in [6.45, 7) is 0. The topological polar surface area (TPSA) is 141 Å². The van der Waals surface area contributed by atoms with Gasteiger partial charge in [-0.15, -0.1) is 24.8 Å². The quantitative estimate of drug-likeness (QED) is 0.455. The highest BCUT2D eigenvalue weighted by Gasteiger charge is 2.12. The number of carboxylic acid groups (broad SMARTS) is 1. The highest BCUT2D eigenvalue weighted by Crippen LogP contribution is 2.20. The van der Waals surface area contributed by atoms with Crippen molar-refractivity contribution in [3.63, 3.8) is 0 Å². The molecule has 0 saturated heterocycles. The van der Waals surface area contributed by atoms with E-state index in [1.165, 1.54) is 12.1 Å². The molecule has 1 atom stereocenters. The maximum absolute atomic E-state index is 10.4. The van der Waals surface area contributed by atoms with Crippen LogP contribution in [-0.2, 0) is 11.2 Å². The number of phenols is 1. The maximum atomic E-state index is 10.4. The average molecular weight is 287 g/mol. The molecule has 0 amide bonds. The Balaban J connectivity index is -0.000000653. The summed E-state index contributed by atoms with van der Waals surface area (Å²) in [5, 5.41) is 17.7. The first-order valence-electron chi connectivity index (χ1n) is 4.06. The van der Waals surface area contributed by atoms with Crippen molar-refractivity contribution in [2.45, 2.75) is 12.5 Å². The number of halogens is 2. The number of benzene rings is 1. The standard InChI is InChI=1S/C9H12N2O3.2ClH.H2O/c10-6-3-5(1-2-8(6)12)4-7(11)9(13)14;;;/h1-3,7,12H,4,10-11H2,(H,13,14);2*1H;1H2/t7-;;;/m0.../s1. The predicted octanol–water partition coefficient (Wildman–Crippen LogP) is -0.0523. The third kappa shape index (κ3) is 6.18. The third-order valence-electron chi connectivity index (χ3n) is 1.86. The lowest BCUT2D eigenvalue weighted by Gasteiger charge is -2.07. The minimum Gasteiger partial charge on any atom is -0.506 e. The molecule has 0 aliphatic rings. The molecule has 0 heterocycles. The second-order valence-electron chi connectivity index (χ2n) is 3.04. The van der Waals surface area contributed by atoms with Crippen molar-refractivity contribution >= 4 is 36.5 Å². The van der Waals surface area contributed by atoms with Gasteiger partial charge >= 0.3 is 5.97 Å². The molecule has 1 rings (SSSR count). The molecule has 0 saturated carbocycles. The molecular formula is C9H16Cl2N2O4. The lowest BCUT2D eigenvalue weighted by atomic mass is 10.1. The predicted molar refractivity (Wildman–Crippen MR) is 69.9 cm³/mol. The van der Waals surface area contributed by atoms with E-state index in [0.29, 0.717) is 5.56 Å². The van der Waals surface area contributed by atoms with Gasteiger partial charge < -0.3 is 27.2 Å². The smallest absolute Gasteiger partial charge is 0.320 e. The SMILES string of the molecule is Cl.Cl.Nc1cc(C[C@H](N)C(=O)O)ccc1O.O. The summed E-state index contributed by atoms with van der Waals surface area (Å²) in [6.07, 6.45) is 0.194. The number of hydrogen-bond donors (Lipinski definition) is 4. The van der Waals surface area contributed by atoms with Crippen molar-refractivity contribution < 1.29 is 20.5 Å². The Labute approximate surface area is 111 Å². The second kappa shape index (κ2) is 8.89. The first-order valence-corrected chi connectivity index (χ1v) is 4.06. The van der Waals surface area contributed by atoms with Crippen LogP contribution in [0.15, 0.2) is 18.2 Å². The Hall–Kier alpha value is -1.21. The normalized spacial score (nSPS) is 10.2. The van der Waals surface area contributed by atoms with Crippen LogP contribution in [0.2, 0.25) is 0 Å². The van der Waals surface area contributed by atoms with Gasteiger partial charge in [-0.05, 0) is 24.1 Å². The van der Waals surface area contributed by atoms with Crippen LogP contribution in [0.3, 0.4) is 0 Å². The van der Waals surface area contributed by atoms with Crippen LogP contribution in [0.4, 0.5) is 5.69 Å². The summed E-state index contributed by atoms with van der Waals surface area (Å²) < 4.78 is 0. The summed E-state index contributed by atoms with van der Waals surface area (Å²) in [7, 11) is 0. The number of anilines is 1. The number of carbonyl (C=O) groups is 1. The Morgan fingerprint density at radius 2 is 1.88 bits per heavy atom. The highest BCUT2D eigenvalue weighted by atomic mass is 35.5. The van der Waals surface area contributed by atoms with Crippen molar-refractivity contribution in [3.8, 4) is 5.75 Å². The number of nitrogen functional groups attached to an aromatic ring is 1. The zero-order chi connectivity index (χ0) is 10.7. The molecule has 0 unspecified atom stereocenters. The van der Waals surface area contributed by atoms with Crippen molar-refractivity contribution in [2.75, 3.05) is 5.73 Å². The van der Waals surface area contributed by atoms with Gasteiger partial charge in [-0.25, -0.2) is 0 Å². The minimum atomic E-state index is -1.06. The Bertz CT molecular complexity index is 363. The van der Waals surface area contributed by atoms with E-state index in [9.17, 15) is 4.79 Å². The summed E-state index contributed by atoms with van der Waals surface area (Å²) in [6, 6.07) is 3.57. The van der Waals surface area contributed by atoms with Crippen molar-refractivity contribution in [3.05, 3.63) is 23.8 Å². The molecule has 0 aliphatic heterocycles. The van der Waals surface area contributed by atoms with E-state index in [2.05, 4.69) is 0 Å². The minimum absolute atomic E-state index is 0. The zero-order valence-electron chi connectivity index (χ0n) is 8.79. The van der Waals surface area contributed by atoms with Gasteiger partial charge in [0.2, 0.25) is 0 Å². The van der Waals surface area contributed by atoms with E-state index in [4.69, 9.17) is 21.7 Å². The Morgan fingerprint density at radius 3 is 2.29 bits per heavy atom. The van der Waals surface area contributed by atoms with Gasteiger partial charge in [0.05, 0.1) is 5.69 Å². The van der Waals surface area contributed by atoms with Crippen LogP contribution in [0, 0.1) is 0 Å². The maximum Gasteiger partial charge on any atom is 0.320 e. The highest BCUT2D eigenvalue weighted by molar-refractivity contribution is 5.85. The van der Waals surface area contributed by atoms with E-state index in [0.717, 1.165) is 0 Å². The lowest BCUT2D eigenvalue weighted by molar-refractivity contribution is -0.138. The van der Waals surface area contributed by atoms with Crippen LogP contribution in [0.5, 0.6) is 5.75 Å². The Kier molecular flexibility index (Phi) is 11.0. The van der Waals surface area contributed by atoms with Gasteiger partial charge in [0.1, 0.15) is 11.8 Å². The van der Waals surface area contributed by atoms with E-state index in [1.54, 1.807) is 6.07 Å². The Morgan fingerprint density at radius 1 is 1.35 bits per heavy atom. The van der Waals surface area contributed by atoms with Crippen LogP contribution in [0.1, 0.15) is 5.56 Å². The van der Waals surface area contributed by atoms with Crippen LogP contribution >= 0.6 is 24.8 Å². The summed E-state index contributed by atoms with van der Waals surface area (Å²) in [4.78, 5) is 10.4. The third-order valence-corrected chi connectivity index (χ3v) is 1.86. The monoisotopic (exact) mass is 286 g/mol. The van der Waals surface area contributed by atoms with E-state index in [1.807, 2.05) is 0 Å². The molecular weight excluding hydrogens is 271 g/mol. The number of phenolic OH excluding ortho intramolecular Hbond substituents is 1. The fourth-order valence-corrected chi connectivity index (χ4v) is 1.07. The largest absolute Gasteiger partial charge is 0.506 e. The molecule has 1 aromatic rings. The number of hydrogen-bond acceptors (Lipinski definition) is 4. The fraction of sp³-hybridized carbons (Fsp3) is 0.222. The van der Waals surface area contributed by atoms with Gasteiger partial charge in [0.25, 0.3) is 0 Å². The second-order valence-corrected chi connectivity index (χ2v) is 3.04. The molecule has 1 aromatic carbocycles. The molecule has 0 radical (unpaired) electrons. The van der Waals surface area contributed by atoms with Crippen LogP contribution in [-0.4, -0.2) is 27.7 Å². The fourth-order valence-electron chi connectivity index (χ4n) is 1.07. The number of nitrogens with two attached hydrogens (primary N) is 2. The molecule has 6 nitrogen and oxygen atoms in total. The molecule has 17 heavy (non-hydrogen) atoms. The molecule has 0 fully saturated rings. The molecule has 0 aromatic heterocycles. The van der Waals surface area contributed by atoms with Gasteiger partial charge in [0.15, 0.2) is 0 Å². The van der Waals surface area contributed by atoms with E-state index >= 15 is 0 Å². The zero-order valence-corrected chi connectivity index (χ0v) is 10.4. The summed E-state index contributed by atoms with van der Waals surface area (Å²) in [5.74, 6) is -1.07. The van der Waals surface area contributed by atoms with Gasteiger partial charge in [-0.1, -0.05) is 6.07 Å². The van der Waals surface area contributed by atoms with Crippen LogP contribution in [0.25, 0.3) is 0 Å². The summed E-state index contributed by atoms with van der Waals surface area (Å²) >= 11 is 0. The molecule has 8 heteroatoms. The van der Waals surface area contributed by atoms with Crippen LogP contribution < -0.4 is 11.5 Å². The molecule has 0 bridgehead atoms. The van der Waals surface area contributed by atoms with Crippen molar-refractivity contribution in [1.29, 1.82) is 0 Å².